The Bertz CT molecular complexity index is 501. The second-order valence-corrected chi connectivity index (χ2v) is 4.70. The summed E-state index contributed by atoms with van der Waals surface area (Å²) in [5.41, 5.74) is 1.48. The predicted molar refractivity (Wildman–Crippen MR) is 70.6 cm³/mol. The lowest BCUT2D eigenvalue weighted by Gasteiger charge is -2.36. The van der Waals surface area contributed by atoms with Crippen LogP contribution in [0.4, 0.5) is 5.69 Å². The highest BCUT2D eigenvalue weighted by Crippen LogP contribution is 2.25. The van der Waals surface area contributed by atoms with E-state index >= 15 is 0 Å². The lowest BCUT2D eigenvalue weighted by molar-refractivity contribution is -0.129. The van der Waals surface area contributed by atoms with Crippen LogP contribution in [0.3, 0.4) is 0 Å². The fraction of sp³-hybridized carbons (Fsp3) is 0.385. The summed E-state index contributed by atoms with van der Waals surface area (Å²) in [6.07, 6.45) is 0. The number of halogens is 1. The van der Waals surface area contributed by atoms with Crippen LogP contribution in [-0.2, 0) is 4.79 Å². The Balaban J connectivity index is 2.17. The highest BCUT2D eigenvalue weighted by molar-refractivity contribution is 6.30. The second-order valence-electron chi connectivity index (χ2n) is 4.27. The quantitative estimate of drug-likeness (QED) is 0.777. The van der Waals surface area contributed by atoms with Crippen LogP contribution in [0.2, 0.25) is 5.02 Å². The SMILES string of the molecule is CC(=O)N1CCN(c2cc(Cl)ccc2C#N)CC1. The maximum absolute atomic E-state index is 11.3. The number of carbonyl (C=O) groups is 1. The van der Waals surface area contributed by atoms with Crippen LogP contribution in [0.1, 0.15) is 12.5 Å². The normalized spacial score (nSPS) is 15.4. The molecule has 0 spiro atoms. The van der Waals surface area contributed by atoms with Gasteiger partial charge in [-0.15, -0.1) is 0 Å². The summed E-state index contributed by atoms with van der Waals surface area (Å²) >= 11 is 5.97. The molecular formula is C13H14ClN3O. The molecule has 0 radical (unpaired) electrons. The number of nitriles is 1. The fourth-order valence-corrected chi connectivity index (χ4v) is 2.29. The summed E-state index contributed by atoms with van der Waals surface area (Å²) in [7, 11) is 0. The lowest BCUT2D eigenvalue weighted by Crippen LogP contribution is -2.48. The molecule has 0 atom stereocenters. The largest absolute Gasteiger partial charge is 0.367 e. The molecule has 1 fully saturated rings. The van der Waals surface area contributed by atoms with Gasteiger partial charge in [0.1, 0.15) is 6.07 Å². The number of nitrogens with zero attached hydrogens (tertiary/aromatic N) is 3. The third kappa shape index (κ3) is 2.57. The minimum absolute atomic E-state index is 0.0984. The number of anilines is 1. The van der Waals surface area contributed by atoms with Crippen molar-refractivity contribution in [1.82, 2.24) is 4.90 Å². The van der Waals surface area contributed by atoms with Crippen LogP contribution in [-0.4, -0.2) is 37.0 Å². The van der Waals surface area contributed by atoms with Crippen LogP contribution in [0.5, 0.6) is 0 Å². The van der Waals surface area contributed by atoms with Crippen molar-refractivity contribution in [3.8, 4) is 6.07 Å². The average molecular weight is 264 g/mol. The summed E-state index contributed by atoms with van der Waals surface area (Å²) in [6.45, 7) is 4.42. The Labute approximate surface area is 111 Å². The summed E-state index contributed by atoms with van der Waals surface area (Å²) < 4.78 is 0. The van der Waals surface area contributed by atoms with Gasteiger partial charge < -0.3 is 9.80 Å². The van der Waals surface area contributed by atoms with E-state index in [1.165, 1.54) is 0 Å². The monoisotopic (exact) mass is 263 g/mol. The van der Waals surface area contributed by atoms with E-state index in [9.17, 15) is 4.79 Å². The van der Waals surface area contributed by atoms with Crippen LogP contribution in [0.15, 0.2) is 18.2 Å². The van der Waals surface area contributed by atoms with Crippen LogP contribution < -0.4 is 4.90 Å². The Morgan fingerprint density at radius 1 is 1.33 bits per heavy atom. The first-order valence-corrected chi connectivity index (χ1v) is 6.19. The van der Waals surface area contributed by atoms with Crippen molar-refractivity contribution in [2.45, 2.75) is 6.92 Å². The molecule has 0 bridgehead atoms. The van der Waals surface area contributed by atoms with E-state index in [1.54, 1.807) is 19.1 Å². The smallest absolute Gasteiger partial charge is 0.219 e. The molecule has 18 heavy (non-hydrogen) atoms. The number of hydrogen-bond acceptors (Lipinski definition) is 3. The highest BCUT2D eigenvalue weighted by atomic mass is 35.5. The van der Waals surface area contributed by atoms with Gasteiger partial charge in [0.15, 0.2) is 0 Å². The van der Waals surface area contributed by atoms with Crippen molar-refractivity contribution in [3.63, 3.8) is 0 Å². The number of amides is 1. The number of benzene rings is 1. The standard InChI is InChI=1S/C13H14ClN3O/c1-10(18)16-4-6-17(7-5-16)13-8-12(14)3-2-11(13)9-15/h2-3,8H,4-7H2,1H3. The van der Waals surface area contributed by atoms with Crippen LogP contribution >= 0.6 is 11.6 Å². The number of piperazine rings is 1. The second kappa shape index (κ2) is 5.28. The minimum atomic E-state index is 0.0984. The first-order valence-electron chi connectivity index (χ1n) is 5.82. The molecule has 0 unspecified atom stereocenters. The molecule has 2 rings (SSSR count). The molecule has 0 saturated carbocycles. The summed E-state index contributed by atoms with van der Waals surface area (Å²) in [5.74, 6) is 0.0984. The number of hydrogen-bond donors (Lipinski definition) is 0. The summed E-state index contributed by atoms with van der Waals surface area (Å²) in [4.78, 5) is 15.2. The van der Waals surface area contributed by atoms with Crippen LogP contribution in [0, 0.1) is 11.3 Å². The van der Waals surface area contributed by atoms with Gasteiger partial charge in [-0.25, -0.2) is 0 Å². The molecule has 4 nitrogen and oxygen atoms in total. The van der Waals surface area contributed by atoms with Gasteiger partial charge in [0.05, 0.1) is 11.3 Å². The molecule has 1 aromatic carbocycles. The lowest BCUT2D eigenvalue weighted by atomic mass is 10.1. The van der Waals surface area contributed by atoms with Gasteiger partial charge in [-0.1, -0.05) is 11.6 Å². The Hall–Kier alpha value is -1.73. The first kappa shape index (κ1) is 12.7. The number of carbonyl (C=O) groups excluding carboxylic acids is 1. The molecule has 0 aromatic heterocycles. The molecule has 1 saturated heterocycles. The summed E-state index contributed by atoms with van der Waals surface area (Å²) in [5, 5.41) is 9.72. The van der Waals surface area contributed by atoms with Gasteiger partial charge in [0.25, 0.3) is 0 Å². The summed E-state index contributed by atoms with van der Waals surface area (Å²) in [6, 6.07) is 7.43. The van der Waals surface area contributed by atoms with E-state index in [4.69, 9.17) is 16.9 Å². The maximum atomic E-state index is 11.3. The Morgan fingerprint density at radius 2 is 2.00 bits per heavy atom. The van der Waals surface area contributed by atoms with Gasteiger partial charge in [0.2, 0.25) is 5.91 Å². The highest BCUT2D eigenvalue weighted by Gasteiger charge is 2.20. The maximum Gasteiger partial charge on any atom is 0.219 e. The van der Waals surface area contributed by atoms with Crippen molar-refractivity contribution in [2.75, 3.05) is 31.1 Å². The molecule has 94 valence electrons. The molecule has 0 N–H and O–H groups in total. The third-order valence-electron chi connectivity index (χ3n) is 3.15. The van der Waals surface area contributed by atoms with E-state index in [0.29, 0.717) is 23.7 Å². The molecule has 1 aliphatic rings. The molecule has 0 aliphatic carbocycles. The Kier molecular flexibility index (Phi) is 3.73. The molecular weight excluding hydrogens is 250 g/mol. The minimum Gasteiger partial charge on any atom is -0.367 e. The van der Waals surface area contributed by atoms with E-state index in [1.807, 2.05) is 11.0 Å². The zero-order chi connectivity index (χ0) is 13.1. The van der Waals surface area contributed by atoms with E-state index in [2.05, 4.69) is 11.0 Å². The molecule has 1 heterocycles. The molecule has 5 heteroatoms. The first-order chi connectivity index (χ1) is 8.61. The van der Waals surface area contributed by atoms with Gasteiger partial charge in [-0.3, -0.25) is 4.79 Å². The van der Waals surface area contributed by atoms with Crippen molar-refractivity contribution < 1.29 is 4.79 Å². The number of rotatable bonds is 1. The Morgan fingerprint density at radius 3 is 2.56 bits per heavy atom. The van der Waals surface area contributed by atoms with Gasteiger partial charge in [-0.05, 0) is 18.2 Å². The van der Waals surface area contributed by atoms with Crippen molar-refractivity contribution >= 4 is 23.2 Å². The van der Waals surface area contributed by atoms with E-state index < -0.39 is 0 Å². The van der Waals surface area contributed by atoms with Gasteiger partial charge in [-0.2, -0.15) is 5.26 Å². The third-order valence-corrected chi connectivity index (χ3v) is 3.38. The molecule has 1 aliphatic heterocycles. The van der Waals surface area contributed by atoms with E-state index in [0.717, 1.165) is 18.8 Å². The predicted octanol–water partition coefficient (Wildman–Crippen LogP) is 1.88. The molecule has 1 aromatic rings. The van der Waals surface area contributed by atoms with Crippen molar-refractivity contribution in [3.05, 3.63) is 28.8 Å². The fourth-order valence-electron chi connectivity index (χ4n) is 2.12. The average Bonchev–Trinajstić information content (AvgIpc) is 2.39. The van der Waals surface area contributed by atoms with Crippen molar-refractivity contribution in [2.24, 2.45) is 0 Å². The van der Waals surface area contributed by atoms with E-state index in [-0.39, 0.29) is 5.91 Å². The van der Waals surface area contributed by atoms with Gasteiger partial charge in [0, 0.05) is 38.1 Å². The zero-order valence-electron chi connectivity index (χ0n) is 10.2. The van der Waals surface area contributed by atoms with Gasteiger partial charge >= 0.3 is 0 Å². The van der Waals surface area contributed by atoms with Crippen LogP contribution in [0.25, 0.3) is 0 Å². The van der Waals surface area contributed by atoms with Crippen molar-refractivity contribution in [1.29, 1.82) is 5.26 Å². The topological polar surface area (TPSA) is 47.3 Å². The zero-order valence-corrected chi connectivity index (χ0v) is 10.9. The molecule has 1 amide bonds.